The molecular weight excluding hydrogens is 374 g/mol. The third-order valence-electron chi connectivity index (χ3n) is 5.00. The first-order chi connectivity index (χ1) is 14.2. The molecule has 1 N–H and O–H groups in total. The molecule has 0 saturated heterocycles. The van der Waals surface area contributed by atoms with Crippen molar-refractivity contribution in [3.05, 3.63) is 78.2 Å². The van der Waals surface area contributed by atoms with E-state index in [2.05, 4.69) is 49.7 Å². The molecule has 0 fully saturated rings. The lowest BCUT2D eigenvalue weighted by Crippen LogP contribution is -2.22. The van der Waals surface area contributed by atoms with Gasteiger partial charge in [-0.05, 0) is 43.0 Å². The molecule has 2 heterocycles. The van der Waals surface area contributed by atoms with Gasteiger partial charge in [0.2, 0.25) is 0 Å². The average molecular weight is 402 g/mol. The van der Waals surface area contributed by atoms with E-state index >= 15 is 0 Å². The number of nitrogens with zero attached hydrogens (tertiary/aromatic N) is 4. The average Bonchev–Trinajstić information content (AvgIpc) is 3.19. The highest BCUT2D eigenvalue weighted by Crippen LogP contribution is 2.25. The van der Waals surface area contributed by atoms with E-state index in [1.165, 1.54) is 18.7 Å². The maximum atomic E-state index is 11.6. The Kier molecular flexibility index (Phi) is 5.69. The van der Waals surface area contributed by atoms with Gasteiger partial charge in [0.1, 0.15) is 0 Å². The van der Waals surface area contributed by atoms with Crippen LogP contribution in [0, 0.1) is 5.41 Å². The van der Waals surface area contributed by atoms with E-state index in [1.807, 2.05) is 25.1 Å². The van der Waals surface area contributed by atoms with Crippen LogP contribution in [-0.4, -0.2) is 25.3 Å². The molecule has 3 rings (SSSR count). The van der Waals surface area contributed by atoms with Crippen molar-refractivity contribution in [3.63, 3.8) is 0 Å². The number of ketones is 1. The minimum absolute atomic E-state index is 0.0255. The van der Waals surface area contributed by atoms with Gasteiger partial charge in [0.15, 0.2) is 11.3 Å². The van der Waals surface area contributed by atoms with Crippen LogP contribution in [0.2, 0.25) is 0 Å². The smallest absolute Gasteiger partial charge is 0.162 e. The number of carbonyl (C=O) groups is 1. The van der Waals surface area contributed by atoms with Crippen molar-refractivity contribution in [2.45, 2.75) is 40.0 Å². The number of allylic oxidation sites excluding steroid dienone is 5. The summed E-state index contributed by atoms with van der Waals surface area (Å²) in [5, 5.41) is 19.2. The SMILES string of the molecule is C=CC(=CC(=CC)n1cc(C(C)=O)cn1)n1ncc2cc(C(C)(C)C)ccc2c1=N. The van der Waals surface area contributed by atoms with E-state index < -0.39 is 0 Å². The van der Waals surface area contributed by atoms with Crippen LogP contribution >= 0.6 is 0 Å². The van der Waals surface area contributed by atoms with Gasteiger partial charge in [-0.1, -0.05) is 45.6 Å². The van der Waals surface area contributed by atoms with E-state index in [0.29, 0.717) is 11.3 Å². The quantitative estimate of drug-likeness (QED) is 0.493. The Morgan fingerprint density at radius 3 is 2.47 bits per heavy atom. The standard InChI is InChI=1S/C24H27N5O/c1-7-20(28-15-18(14-26-28)16(3)30)12-21(8-2)29-23(25)22-10-9-19(24(4,5)6)11-17(22)13-27-29/h7-15,25H,2H2,1,3-6H3. The lowest BCUT2D eigenvalue weighted by Gasteiger charge is -2.19. The fourth-order valence-electron chi connectivity index (χ4n) is 3.12. The van der Waals surface area contributed by atoms with E-state index in [0.717, 1.165) is 16.5 Å². The molecule has 0 bridgehead atoms. The molecule has 0 unspecified atom stereocenters. The highest BCUT2D eigenvalue weighted by molar-refractivity contribution is 5.93. The molecule has 0 amide bonds. The number of benzene rings is 1. The summed E-state index contributed by atoms with van der Waals surface area (Å²) in [5.41, 5.74) is 3.42. The molecule has 0 aliphatic heterocycles. The van der Waals surface area contributed by atoms with Crippen LogP contribution < -0.4 is 5.49 Å². The van der Waals surface area contributed by atoms with Crippen LogP contribution in [0.3, 0.4) is 0 Å². The van der Waals surface area contributed by atoms with Crippen molar-refractivity contribution in [2.75, 3.05) is 0 Å². The second-order valence-electron chi connectivity index (χ2n) is 8.17. The van der Waals surface area contributed by atoms with Crippen LogP contribution in [0.4, 0.5) is 0 Å². The van der Waals surface area contributed by atoms with Crippen molar-refractivity contribution in [1.29, 1.82) is 5.41 Å². The topological polar surface area (TPSA) is 76.6 Å². The highest BCUT2D eigenvalue weighted by atomic mass is 16.1. The molecule has 0 saturated carbocycles. The Morgan fingerprint density at radius 2 is 1.90 bits per heavy atom. The fourth-order valence-corrected chi connectivity index (χ4v) is 3.12. The molecule has 0 spiro atoms. The molecule has 30 heavy (non-hydrogen) atoms. The third-order valence-corrected chi connectivity index (χ3v) is 5.00. The number of nitrogens with one attached hydrogen (secondary N) is 1. The number of aromatic nitrogens is 4. The Morgan fingerprint density at radius 1 is 1.17 bits per heavy atom. The Hall–Kier alpha value is -3.54. The summed E-state index contributed by atoms with van der Waals surface area (Å²) in [6, 6.07) is 6.12. The lowest BCUT2D eigenvalue weighted by atomic mass is 9.86. The number of hydrogen-bond acceptors (Lipinski definition) is 4. The first-order valence-electron chi connectivity index (χ1n) is 9.79. The van der Waals surface area contributed by atoms with Gasteiger partial charge in [-0.3, -0.25) is 10.2 Å². The molecule has 6 nitrogen and oxygen atoms in total. The highest BCUT2D eigenvalue weighted by Gasteiger charge is 2.15. The molecule has 154 valence electrons. The molecule has 0 atom stereocenters. The van der Waals surface area contributed by atoms with E-state index in [-0.39, 0.29) is 16.7 Å². The molecule has 2 aromatic heterocycles. The van der Waals surface area contributed by atoms with E-state index in [1.54, 1.807) is 27.8 Å². The summed E-state index contributed by atoms with van der Waals surface area (Å²) < 4.78 is 3.17. The van der Waals surface area contributed by atoms with Crippen LogP contribution in [0.1, 0.15) is 50.5 Å². The summed E-state index contributed by atoms with van der Waals surface area (Å²) in [7, 11) is 0. The zero-order chi connectivity index (χ0) is 22.1. The summed E-state index contributed by atoms with van der Waals surface area (Å²) in [4.78, 5) is 11.6. The van der Waals surface area contributed by atoms with Crippen molar-refractivity contribution in [3.8, 4) is 0 Å². The monoisotopic (exact) mass is 401 g/mol. The van der Waals surface area contributed by atoms with Gasteiger partial charge in [0, 0.05) is 17.0 Å². The number of carbonyl (C=O) groups excluding carboxylic acids is 1. The lowest BCUT2D eigenvalue weighted by molar-refractivity contribution is 0.101. The Bertz CT molecular complexity index is 1250. The minimum atomic E-state index is -0.0433. The molecule has 1 aromatic carbocycles. The minimum Gasteiger partial charge on any atom is -0.294 e. The van der Waals surface area contributed by atoms with Crippen molar-refractivity contribution in [2.24, 2.45) is 0 Å². The molecule has 3 aromatic rings. The zero-order valence-electron chi connectivity index (χ0n) is 18.1. The second kappa shape index (κ2) is 8.06. The van der Waals surface area contributed by atoms with Gasteiger partial charge in [-0.25, -0.2) is 9.36 Å². The Labute approximate surface area is 176 Å². The number of rotatable bonds is 5. The predicted molar refractivity (Wildman–Crippen MR) is 121 cm³/mol. The maximum absolute atomic E-state index is 11.6. The predicted octanol–water partition coefficient (Wildman–Crippen LogP) is 4.80. The molecule has 0 aliphatic rings. The maximum Gasteiger partial charge on any atom is 0.162 e. The van der Waals surface area contributed by atoms with Gasteiger partial charge in [0.05, 0.1) is 29.4 Å². The van der Waals surface area contributed by atoms with Crippen LogP contribution in [0.15, 0.2) is 61.6 Å². The van der Waals surface area contributed by atoms with Gasteiger partial charge in [0.25, 0.3) is 0 Å². The number of hydrogen-bond donors (Lipinski definition) is 1. The van der Waals surface area contributed by atoms with Crippen LogP contribution in [-0.2, 0) is 5.41 Å². The van der Waals surface area contributed by atoms with Gasteiger partial charge >= 0.3 is 0 Å². The zero-order valence-corrected chi connectivity index (χ0v) is 18.1. The molecular formula is C24H27N5O. The first-order valence-corrected chi connectivity index (χ1v) is 9.79. The van der Waals surface area contributed by atoms with Crippen molar-refractivity contribution >= 4 is 27.9 Å². The van der Waals surface area contributed by atoms with E-state index in [4.69, 9.17) is 5.41 Å². The fraction of sp³-hybridized carbons (Fsp3) is 0.250. The van der Waals surface area contributed by atoms with Gasteiger partial charge in [-0.15, -0.1) is 0 Å². The summed E-state index contributed by atoms with van der Waals surface area (Å²) >= 11 is 0. The van der Waals surface area contributed by atoms with Crippen LogP contribution in [0.5, 0.6) is 0 Å². The Balaban J connectivity index is 2.09. The van der Waals surface area contributed by atoms with E-state index in [9.17, 15) is 4.79 Å². The summed E-state index contributed by atoms with van der Waals surface area (Å²) in [5.74, 6) is -0.0433. The first kappa shape index (κ1) is 21.2. The van der Waals surface area contributed by atoms with Crippen molar-refractivity contribution in [1.82, 2.24) is 19.6 Å². The summed E-state index contributed by atoms with van der Waals surface area (Å²) in [6.45, 7) is 13.8. The van der Waals surface area contributed by atoms with Crippen molar-refractivity contribution < 1.29 is 4.79 Å². The molecule has 6 heteroatoms. The normalized spacial score (nSPS) is 13.0. The third kappa shape index (κ3) is 4.08. The molecule has 0 radical (unpaired) electrons. The molecule has 0 aliphatic carbocycles. The van der Waals surface area contributed by atoms with Gasteiger partial charge in [-0.2, -0.15) is 10.2 Å². The van der Waals surface area contributed by atoms with Gasteiger partial charge < -0.3 is 0 Å². The number of Topliss-reactive ketones (excluding diaryl/α,β-unsaturated/α-hetero) is 1. The second-order valence-corrected chi connectivity index (χ2v) is 8.17. The van der Waals surface area contributed by atoms with Crippen LogP contribution in [0.25, 0.3) is 22.2 Å². The largest absolute Gasteiger partial charge is 0.294 e. The number of fused-ring (bicyclic) bond motifs is 1. The summed E-state index contributed by atoms with van der Waals surface area (Å²) in [6.07, 6.45) is 10.4.